The van der Waals surface area contributed by atoms with Gasteiger partial charge in [0.2, 0.25) is 0 Å². The van der Waals surface area contributed by atoms with Crippen LogP contribution in [-0.4, -0.2) is 15.4 Å². The Morgan fingerprint density at radius 3 is 2.81 bits per heavy atom. The number of nitrogens with zero attached hydrogens (tertiary/aromatic N) is 2. The third-order valence-corrected chi connectivity index (χ3v) is 4.87. The predicted molar refractivity (Wildman–Crippen MR) is 92.9 cm³/mol. The monoisotopic (exact) mass is 382 g/mol. The molecule has 21 heavy (non-hydrogen) atoms. The maximum Gasteiger partial charge on any atom is 0.115 e. The van der Waals surface area contributed by atoms with Crippen LogP contribution in [0.2, 0.25) is 5.02 Å². The van der Waals surface area contributed by atoms with E-state index in [-0.39, 0.29) is 0 Å². The molecule has 0 fully saturated rings. The normalized spacial score (nSPS) is 11.2. The first-order valence-corrected chi connectivity index (χ1v) is 8.30. The summed E-state index contributed by atoms with van der Waals surface area (Å²) in [7, 11) is 0. The van der Waals surface area contributed by atoms with Crippen molar-refractivity contribution in [3.05, 3.63) is 57.3 Å². The molecule has 0 N–H and O–H groups in total. The summed E-state index contributed by atoms with van der Waals surface area (Å²) in [6.45, 7) is 2.07. The lowest BCUT2D eigenvalue weighted by Crippen LogP contribution is -2.03. The average Bonchev–Trinajstić information content (AvgIpc) is 2.79. The van der Waals surface area contributed by atoms with Gasteiger partial charge in [-0.25, -0.2) is 4.98 Å². The minimum atomic E-state index is 0.528. The third-order valence-electron chi connectivity index (χ3n) is 3.42. The molecule has 0 radical (unpaired) electrons. The highest BCUT2D eigenvalue weighted by Crippen LogP contribution is 2.30. The molecule has 0 unspecified atom stereocenters. The van der Waals surface area contributed by atoms with Crippen LogP contribution in [0.3, 0.4) is 0 Å². The maximum absolute atomic E-state index is 6.08. The zero-order valence-corrected chi connectivity index (χ0v) is 14.5. The van der Waals surface area contributed by atoms with E-state index in [0.717, 1.165) is 27.0 Å². The lowest BCUT2D eigenvalue weighted by atomic mass is 10.2. The van der Waals surface area contributed by atoms with E-state index >= 15 is 0 Å². The van der Waals surface area contributed by atoms with Crippen molar-refractivity contribution in [1.82, 2.24) is 9.55 Å². The number of rotatable bonds is 3. The molecule has 2 aromatic carbocycles. The highest BCUT2D eigenvalue weighted by molar-refractivity contribution is 9.10. The number of aryl methyl sites for hydroxylation is 2. The van der Waals surface area contributed by atoms with Crippen molar-refractivity contribution in [1.29, 1.82) is 0 Å². The fraction of sp³-hybridized carbons (Fsp3) is 0.188. The van der Waals surface area contributed by atoms with Crippen LogP contribution < -0.4 is 0 Å². The Bertz CT molecular complexity index is 811. The summed E-state index contributed by atoms with van der Waals surface area (Å²) in [5, 5.41) is 0.688. The van der Waals surface area contributed by atoms with Crippen LogP contribution in [0, 0.1) is 6.92 Å². The molecular weight excluding hydrogens is 371 g/mol. The molecule has 108 valence electrons. The van der Waals surface area contributed by atoms with Crippen LogP contribution in [0.1, 0.15) is 11.4 Å². The van der Waals surface area contributed by atoms with E-state index in [1.54, 1.807) is 0 Å². The zero-order chi connectivity index (χ0) is 15.0. The Morgan fingerprint density at radius 2 is 2.05 bits per heavy atom. The summed E-state index contributed by atoms with van der Waals surface area (Å²) in [5.41, 5.74) is 4.17. The van der Waals surface area contributed by atoms with E-state index in [4.69, 9.17) is 23.2 Å². The van der Waals surface area contributed by atoms with Gasteiger partial charge in [0.25, 0.3) is 0 Å². The van der Waals surface area contributed by atoms with Crippen LogP contribution in [-0.2, 0) is 6.42 Å². The van der Waals surface area contributed by atoms with Crippen molar-refractivity contribution in [2.75, 3.05) is 5.88 Å². The summed E-state index contributed by atoms with van der Waals surface area (Å²) in [4.78, 5) is 4.68. The molecule has 1 heterocycles. The molecule has 0 spiro atoms. The number of aromatic nitrogens is 2. The minimum Gasteiger partial charge on any atom is -0.295 e. The molecule has 3 rings (SSSR count). The van der Waals surface area contributed by atoms with Gasteiger partial charge in [-0.2, -0.15) is 0 Å². The number of imidazole rings is 1. The Balaban J connectivity index is 2.33. The number of hydrogen-bond donors (Lipinski definition) is 0. The Hall–Kier alpha value is -1.03. The van der Waals surface area contributed by atoms with E-state index in [2.05, 4.69) is 44.5 Å². The number of benzene rings is 2. The molecule has 0 aliphatic rings. The minimum absolute atomic E-state index is 0.528. The fourth-order valence-corrected chi connectivity index (χ4v) is 3.21. The molecule has 5 heteroatoms. The van der Waals surface area contributed by atoms with Crippen LogP contribution in [0.5, 0.6) is 0 Å². The van der Waals surface area contributed by atoms with E-state index < -0.39 is 0 Å². The second-order valence-electron chi connectivity index (χ2n) is 4.84. The van der Waals surface area contributed by atoms with Crippen molar-refractivity contribution >= 4 is 50.2 Å². The van der Waals surface area contributed by atoms with Gasteiger partial charge < -0.3 is 0 Å². The molecule has 3 aromatic rings. The molecule has 1 aromatic heterocycles. The maximum atomic E-state index is 6.08. The van der Waals surface area contributed by atoms with E-state index in [1.165, 1.54) is 5.56 Å². The van der Waals surface area contributed by atoms with Crippen LogP contribution in [0.25, 0.3) is 16.7 Å². The standard InChI is InChI=1S/C16H13BrCl2N2/c1-10-3-2-4-14(16(10)17)21-13-6-5-11(19)9-12(13)20-15(21)7-8-18/h2-6,9H,7-8H2,1H3. The van der Waals surface area contributed by atoms with Gasteiger partial charge in [-0.15, -0.1) is 11.6 Å². The van der Waals surface area contributed by atoms with Crippen molar-refractivity contribution in [3.63, 3.8) is 0 Å². The van der Waals surface area contributed by atoms with Crippen LogP contribution in [0.15, 0.2) is 40.9 Å². The van der Waals surface area contributed by atoms with Crippen molar-refractivity contribution in [2.45, 2.75) is 13.3 Å². The molecule has 0 aliphatic heterocycles. The Kier molecular flexibility index (Phi) is 4.25. The first-order valence-electron chi connectivity index (χ1n) is 6.60. The Labute approximate surface area is 141 Å². The topological polar surface area (TPSA) is 17.8 Å². The summed E-state index contributed by atoms with van der Waals surface area (Å²) < 4.78 is 3.21. The van der Waals surface area contributed by atoms with Gasteiger partial charge in [-0.1, -0.05) is 23.7 Å². The molecule has 0 aliphatic carbocycles. The second-order valence-corrected chi connectivity index (χ2v) is 6.45. The molecule has 2 nitrogen and oxygen atoms in total. The van der Waals surface area contributed by atoms with Crippen molar-refractivity contribution in [2.24, 2.45) is 0 Å². The third kappa shape index (κ3) is 2.70. The number of fused-ring (bicyclic) bond motifs is 1. The molecule has 0 amide bonds. The zero-order valence-electron chi connectivity index (χ0n) is 11.4. The van der Waals surface area contributed by atoms with Gasteiger partial charge in [-0.3, -0.25) is 4.57 Å². The van der Waals surface area contributed by atoms with Gasteiger partial charge in [0.15, 0.2) is 0 Å². The molecule has 0 atom stereocenters. The fourth-order valence-electron chi connectivity index (χ4n) is 2.43. The highest BCUT2D eigenvalue weighted by atomic mass is 79.9. The summed E-state index contributed by atoms with van der Waals surface area (Å²) in [5.74, 6) is 1.47. The van der Waals surface area contributed by atoms with Gasteiger partial charge >= 0.3 is 0 Å². The summed E-state index contributed by atoms with van der Waals surface area (Å²) in [6, 6.07) is 12.0. The average molecular weight is 384 g/mol. The summed E-state index contributed by atoms with van der Waals surface area (Å²) >= 11 is 15.7. The van der Waals surface area contributed by atoms with Crippen molar-refractivity contribution < 1.29 is 0 Å². The molecule has 0 saturated carbocycles. The van der Waals surface area contributed by atoms with Crippen LogP contribution >= 0.6 is 39.1 Å². The molecule has 0 saturated heterocycles. The van der Waals surface area contributed by atoms with E-state index in [0.29, 0.717) is 17.3 Å². The quantitative estimate of drug-likeness (QED) is 0.543. The van der Waals surface area contributed by atoms with Gasteiger partial charge in [0, 0.05) is 21.8 Å². The van der Waals surface area contributed by atoms with E-state index in [9.17, 15) is 0 Å². The summed E-state index contributed by atoms with van der Waals surface area (Å²) in [6.07, 6.45) is 0.703. The van der Waals surface area contributed by atoms with Gasteiger partial charge in [0.1, 0.15) is 5.82 Å². The second kappa shape index (κ2) is 5.99. The van der Waals surface area contributed by atoms with Gasteiger partial charge in [-0.05, 0) is 52.7 Å². The number of hydrogen-bond acceptors (Lipinski definition) is 1. The molecular formula is C16H13BrCl2N2. The SMILES string of the molecule is Cc1cccc(-n2c(CCCl)nc3cc(Cl)ccc32)c1Br. The lowest BCUT2D eigenvalue weighted by molar-refractivity contribution is 0.908. The number of alkyl halides is 1. The predicted octanol–water partition coefficient (Wildman–Crippen LogP) is 5.53. The Morgan fingerprint density at radius 1 is 1.24 bits per heavy atom. The number of halogens is 3. The molecule has 0 bridgehead atoms. The van der Waals surface area contributed by atoms with E-state index in [1.807, 2.05) is 24.3 Å². The van der Waals surface area contributed by atoms with Crippen molar-refractivity contribution in [3.8, 4) is 5.69 Å². The smallest absolute Gasteiger partial charge is 0.115 e. The largest absolute Gasteiger partial charge is 0.295 e. The highest BCUT2D eigenvalue weighted by Gasteiger charge is 2.15. The first-order chi connectivity index (χ1) is 10.1. The first kappa shape index (κ1) is 14.9. The lowest BCUT2D eigenvalue weighted by Gasteiger charge is -2.12. The van der Waals surface area contributed by atoms with Crippen LogP contribution in [0.4, 0.5) is 0 Å². The van der Waals surface area contributed by atoms with Gasteiger partial charge in [0.05, 0.1) is 16.7 Å².